The van der Waals surface area contributed by atoms with Crippen LogP contribution in [-0.2, 0) is 19.5 Å². The zero-order valence-corrected chi connectivity index (χ0v) is 20.6. The molecule has 0 amide bonds. The summed E-state index contributed by atoms with van der Waals surface area (Å²) in [5.74, 6) is 0. The van der Waals surface area contributed by atoms with Crippen molar-refractivity contribution in [1.82, 2.24) is 4.31 Å². The van der Waals surface area contributed by atoms with Crippen molar-refractivity contribution in [2.45, 2.75) is 4.90 Å². The van der Waals surface area contributed by atoms with Crippen molar-refractivity contribution in [1.29, 1.82) is 0 Å². The number of benzene rings is 2. The summed E-state index contributed by atoms with van der Waals surface area (Å²) in [5, 5.41) is 11.3. The van der Waals surface area contributed by atoms with Crippen molar-refractivity contribution >= 4 is 39.0 Å². The van der Waals surface area contributed by atoms with Crippen LogP contribution in [0, 0.1) is 10.1 Å². The van der Waals surface area contributed by atoms with Crippen LogP contribution in [0.5, 0.6) is 0 Å². The van der Waals surface area contributed by atoms with Gasteiger partial charge in [0.2, 0.25) is 10.0 Å². The number of hydrogen-bond acceptors (Lipinski definition) is 9. The average Bonchev–Trinajstić information content (AvgIpc) is 2.88. The van der Waals surface area contributed by atoms with E-state index in [2.05, 4.69) is 4.99 Å². The number of anilines is 2. The van der Waals surface area contributed by atoms with E-state index in [1.165, 1.54) is 22.7 Å². The van der Waals surface area contributed by atoms with Crippen molar-refractivity contribution in [3.63, 3.8) is 0 Å². The first kappa shape index (κ1) is 25.0. The molecule has 2 heterocycles. The minimum atomic E-state index is -3.79. The first-order valence-corrected chi connectivity index (χ1v) is 12.8. The van der Waals surface area contributed by atoms with E-state index in [-0.39, 0.29) is 23.7 Å². The number of rotatable bonds is 7. The predicted octanol–water partition coefficient (Wildman–Crippen LogP) is 2.27. The van der Waals surface area contributed by atoms with Crippen molar-refractivity contribution in [2.24, 2.45) is 4.99 Å². The van der Waals surface area contributed by atoms with Crippen LogP contribution in [0.25, 0.3) is 0 Å². The smallest absolute Gasteiger partial charge is 0.270 e. The highest BCUT2D eigenvalue weighted by molar-refractivity contribution is 7.89. The SMILES string of the molecule is CN(C)c1ccc([N+](=O)[O-])cc1C=Nc1ccc(N2CCOCC2)c(S(=O)(=O)N2CCOCC2)c1. The zero-order chi connectivity index (χ0) is 25.0. The lowest BCUT2D eigenvalue weighted by molar-refractivity contribution is -0.384. The number of morpholine rings is 2. The van der Waals surface area contributed by atoms with Crippen molar-refractivity contribution in [3.05, 3.63) is 52.1 Å². The van der Waals surface area contributed by atoms with Crippen LogP contribution in [-0.4, -0.2) is 90.6 Å². The van der Waals surface area contributed by atoms with Gasteiger partial charge in [-0.2, -0.15) is 4.31 Å². The first-order chi connectivity index (χ1) is 16.8. The van der Waals surface area contributed by atoms with Crippen LogP contribution < -0.4 is 9.80 Å². The summed E-state index contributed by atoms with van der Waals surface area (Å²) >= 11 is 0. The van der Waals surface area contributed by atoms with E-state index in [0.29, 0.717) is 56.5 Å². The van der Waals surface area contributed by atoms with E-state index in [0.717, 1.165) is 5.69 Å². The molecule has 2 aliphatic heterocycles. The standard InChI is InChI=1S/C23H29N5O6S/c1-25(2)21-6-4-20(28(29)30)15-18(21)17-24-19-3-5-22(26-7-11-33-12-8-26)23(16-19)35(31,32)27-9-13-34-14-10-27/h3-6,15-17H,7-14H2,1-2H3. The largest absolute Gasteiger partial charge is 0.379 e. The van der Waals surface area contributed by atoms with E-state index in [1.807, 2.05) is 23.9 Å². The molecule has 11 nitrogen and oxygen atoms in total. The zero-order valence-electron chi connectivity index (χ0n) is 19.8. The maximum Gasteiger partial charge on any atom is 0.270 e. The maximum atomic E-state index is 13.6. The van der Waals surface area contributed by atoms with Gasteiger partial charge in [-0.25, -0.2) is 8.42 Å². The molecule has 12 heteroatoms. The van der Waals surface area contributed by atoms with Crippen LogP contribution in [0.1, 0.15) is 5.56 Å². The van der Waals surface area contributed by atoms with Gasteiger partial charge in [0.1, 0.15) is 4.90 Å². The molecule has 2 aliphatic rings. The molecule has 2 aromatic carbocycles. The molecule has 2 fully saturated rings. The number of aliphatic imine (C=N–C) groups is 1. The topological polar surface area (TPSA) is 118 Å². The minimum absolute atomic E-state index is 0.0460. The number of hydrogen-bond donors (Lipinski definition) is 0. The molecule has 2 aromatic rings. The number of non-ortho nitro benzene ring substituents is 1. The Hall–Kier alpha value is -3.06. The molecule has 0 atom stereocenters. The van der Waals surface area contributed by atoms with Crippen molar-refractivity contribution < 1.29 is 22.8 Å². The van der Waals surface area contributed by atoms with E-state index >= 15 is 0 Å². The Kier molecular flexibility index (Phi) is 7.65. The summed E-state index contributed by atoms with van der Waals surface area (Å²) in [6, 6.07) is 9.65. The van der Waals surface area contributed by atoms with Gasteiger partial charge in [-0.15, -0.1) is 0 Å². The molecule has 0 aromatic heterocycles. The van der Waals surface area contributed by atoms with Gasteiger partial charge in [-0.3, -0.25) is 15.1 Å². The summed E-state index contributed by atoms with van der Waals surface area (Å²) in [5.41, 5.74) is 2.31. The van der Waals surface area contributed by atoms with Crippen LogP contribution in [0.15, 0.2) is 46.3 Å². The molecule has 0 spiro atoms. The van der Waals surface area contributed by atoms with Crippen LogP contribution >= 0.6 is 0 Å². The fourth-order valence-electron chi connectivity index (χ4n) is 4.09. The minimum Gasteiger partial charge on any atom is -0.379 e. The molecule has 4 rings (SSSR count). The normalized spacial score (nSPS) is 17.6. The highest BCUT2D eigenvalue weighted by Crippen LogP contribution is 2.33. The second-order valence-electron chi connectivity index (χ2n) is 8.42. The van der Waals surface area contributed by atoms with Gasteiger partial charge in [0.15, 0.2) is 0 Å². The Bertz CT molecular complexity index is 1200. The Balaban J connectivity index is 1.74. The highest BCUT2D eigenvalue weighted by atomic mass is 32.2. The monoisotopic (exact) mass is 503 g/mol. The molecule has 0 saturated carbocycles. The third-order valence-corrected chi connectivity index (χ3v) is 7.87. The summed E-state index contributed by atoms with van der Waals surface area (Å²) < 4.78 is 39.5. The van der Waals surface area contributed by atoms with Crippen LogP contribution in [0.4, 0.5) is 22.7 Å². The van der Waals surface area contributed by atoms with E-state index in [9.17, 15) is 18.5 Å². The predicted molar refractivity (Wildman–Crippen MR) is 134 cm³/mol. The maximum absolute atomic E-state index is 13.6. The molecule has 0 aliphatic carbocycles. The number of nitro benzene ring substituents is 1. The van der Waals surface area contributed by atoms with Gasteiger partial charge >= 0.3 is 0 Å². The van der Waals surface area contributed by atoms with Gasteiger partial charge in [0.05, 0.1) is 42.7 Å². The number of nitro groups is 1. The Morgan fingerprint density at radius 1 is 1.00 bits per heavy atom. The Morgan fingerprint density at radius 3 is 2.29 bits per heavy atom. The molecule has 0 N–H and O–H groups in total. The lowest BCUT2D eigenvalue weighted by atomic mass is 10.1. The number of ether oxygens (including phenoxy) is 2. The molecule has 0 bridgehead atoms. The van der Waals surface area contributed by atoms with Crippen molar-refractivity contribution in [2.75, 3.05) is 76.5 Å². The quantitative estimate of drug-likeness (QED) is 0.321. The van der Waals surface area contributed by atoms with Gasteiger partial charge in [-0.1, -0.05) is 0 Å². The lowest BCUT2D eigenvalue weighted by Gasteiger charge is -2.32. The Morgan fingerprint density at radius 2 is 1.66 bits per heavy atom. The molecular formula is C23H29N5O6S. The van der Waals surface area contributed by atoms with Crippen molar-refractivity contribution in [3.8, 4) is 0 Å². The fourth-order valence-corrected chi connectivity index (χ4v) is 5.73. The number of nitrogens with zero attached hydrogens (tertiary/aromatic N) is 5. The summed E-state index contributed by atoms with van der Waals surface area (Å²) in [6.07, 6.45) is 1.53. The molecule has 0 unspecified atom stereocenters. The second-order valence-corrected chi connectivity index (χ2v) is 10.3. The fraction of sp³-hybridized carbons (Fsp3) is 0.435. The van der Waals surface area contributed by atoms with Gasteiger partial charge in [0.25, 0.3) is 5.69 Å². The first-order valence-electron chi connectivity index (χ1n) is 11.3. The molecule has 2 saturated heterocycles. The molecule has 0 radical (unpaired) electrons. The highest BCUT2D eigenvalue weighted by Gasteiger charge is 2.31. The third-order valence-electron chi connectivity index (χ3n) is 5.94. The summed E-state index contributed by atoms with van der Waals surface area (Å²) in [4.78, 5) is 19.3. The third kappa shape index (κ3) is 5.61. The van der Waals surface area contributed by atoms with Gasteiger partial charge in [-0.05, 0) is 24.3 Å². The van der Waals surface area contributed by atoms with Crippen LogP contribution in [0.2, 0.25) is 0 Å². The Labute approximate surface area is 204 Å². The summed E-state index contributed by atoms with van der Waals surface area (Å²) in [7, 11) is -0.116. The van der Waals surface area contributed by atoms with E-state index < -0.39 is 14.9 Å². The second kappa shape index (κ2) is 10.7. The van der Waals surface area contributed by atoms with Crippen LogP contribution in [0.3, 0.4) is 0 Å². The van der Waals surface area contributed by atoms with E-state index in [1.54, 1.807) is 24.3 Å². The van der Waals surface area contributed by atoms with Gasteiger partial charge < -0.3 is 19.3 Å². The van der Waals surface area contributed by atoms with Gasteiger partial charge in [0, 0.05) is 69.9 Å². The van der Waals surface area contributed by atoms with E-state index in [4.69, 9.17) is 9.47 Å². The molecular weight excluding hydrogens is 474 g/mol. The molecule has 188 valence electrons. The number of sulfonamides is 1. The lowest BCUT2D eigenvalue weighted by Crippen LogP contribution is -2.42. The summed E-state index contributed by atoms with van der Waals surface area (Å²) in [6.45, 7) is 3.51. The average molecular weight is 504 g/mol. The molecule has 35 heavy (non-hydrogen) atoms.